The quantitative estimate of drug-likeness (QED) is 0.251. The number of anilines is 1. The number of fused-ring (bicyclic) bond motifs is 3. The molecule has 10 heteroatoms. The zero-order valence-corrected chi connectivity index (χ0v) is 29.8. The molecular weight excluding hydrogens is 786 g/mol. The Bertz CT molecular complexity index is 1580. The third kappa shape index (κ3) is 5.49. The first-order valence-corrected chi connectivity index (χ1v) is 19.9. The summed E-state index contributed by atoms with van der Waals surface area (Å²) in [6, 6.07) is 21.8. The maximum absolute atomic E-state index is 14.6. The normalized spacial score (nSPS) is 26.6. The van der Waals surface area contributed by atoms with Gasteiger partial charge < -0.3 is 24.4 Å². The van der Waals surface area contributed by atoms with Crippen molar-refractivity contribution in [3.63, 3.8) is 0 Å². The Morgan fingerprint density at radius 1 is 1.05 bits per heavy atom. The third-order valence-electron chi connectivity index (χ3n) is 9.44. The van der Waals surface area contributed by atoms with Crippen molar-refractivity contribution >= 4 is 71.0 Å². The summed E-state index contributed by atoms with van der Waals surface area (Å²) in [5, 5.41) is 10.2. The first-order valence-electron chi connectivity index (χ1n) is 14.7. The second-order valence-electron chi connectivity index (χ2n) is 12.6. The van der Waals surface area contributed by atoms with Crippen LogP contribution in [0.1, 0.15) is 35.6 Å². The van der Waals surface area contributed by atoms with Crippen molar-refractivity contribution in [3.05, 3.63) is 96.1 Å². The van der Waals surface area contributed by atoms with E-state index < -0.39 is 20.0 Å². The van der Waals surface area contributed by atoms with E-state index in [2.05, 4.69) is 51.2 Å². The van der Waals surface area contributed by atoms with E-state index in [-0.39, 0.29) is 42.3 Å². The van der Waals surface area contributed by atoms with E-state index in [9.17, 15) is 19.5 Å². The molecule has 43 heavy (non-hydrogen) atoms. The number of hydrogen-bond acceptors (Lipinski definition) is 5. The number of amides is 2. The van der Waals surface area contributed by atoms with Gasteiger partial charge >= 0.3 is 0 Å². The van der Waals surface area contributed by atoms with Gasteiger partial charge in [0.2, 0.25) is 5.91 Å². The number of aliphatic hydroxyl groups is 1. The maximum atomic E-state index is 14.6. The van der Waals surface area contributed by atoms with Gasteiger partial charge in [-0.15, -0.1) is 0 Å². The summed E-state index contributed by atoms with van der Waals surface area (Å²) in [6.07, 6.45) is -0.0143. The van der Waals surface area contributed by atoms with Crippen LogP contribution in [0.3, 0.4) is 0 Å². The van der Waals surface area contributed by atoms with Gasteiger partial charge in [-0.3, -0.25) is 9.59 Å². The number of halogens is 2. The monoisotopic (exact) mass is 822 g/mol. The van der Waals surface area contributed by atoms with Gasteiger partial charge in [-0.2, -0.15) is 0 Å². The van der Waals surface area contributed by atoms with Gasteiger partial charge in [-0.25, -0.2) is 0 Å². The molecule has 6 rings (SSSR count). The average molecular weight is 823 g/mol. The zero-order chi connectivity index (χ0) is 30.7. The minimum Gasteiger partial charge on any atom is -0.432 e. The van der Waals surface area contributed by atoms with Crippen LogP contribution in [-0.4, -0.2) is 53.7 Å². The van der Waals surface area contributed by atoms with Crippen LogP contribution in [0.4, 0.5) is 5.69 Å². The topological polar surface area (TPSA) is 90.3 Å². The van der Waals surface area contributed by atoms with Crippen molar-refractivity contribution in [2.24, 2.45) is 5.92 Å². The number of carbonyl (C=O) groups excluding carboxylic acids is 2. The summed E-state index contributed by atoms with van der Waals surface area (Å²) in [7, 11) is -2.93. The largest absolute Gasteiger partial charge is 0.432 e. The van der Waals surface area contributed by atoms with Crippen molar-refractivity contribution in [2.45, 2.75) is 69.2 Å². The van der Waals surface area contributed by atoms with Crippen molar-refractivity contribution in [1.82, 2.24) is 4.90 Å². The summed E-state index contributed by atoms with van der Waals surface area (Å²) in [5.74, 6) is -0.623. The highest BCUT2D eigenvalue weighted by Crippen LogP contribution is 2.60. The maximum Gasteiger partial charge on any atom is 0.264 e. The van der Waals surface area contributed by atoms with E-state index in [1.165, 1.54) is 0 Å². The molecule has 0 unspecified atom stereocenters. The van der Waals surface area contributed by atoms with Gasteiger partial charge in [0.25, 0.3) is 5.91 Å². The molecular formula is C33H36I2N2O5Si. The Kier molecular flexibility index (Phi) is 8.57. The Labute approximate surface area is 281 Å². The van der Waals surface area contributed by atoms with E-state index >= 15 is 0 Å². The van der Waals surface area contributed by atoms with Gasteiger partial charge in [0.05, 0.1) is 37.4 Å². The van der Waals surface area contributed by atoms with Gasteiger partial charge in [0, 0.05) is 30.7 Å². The predicted molar refractivity (Wildman–Crippen MR) is 185 cm³/mol. The van der Waals surface area contributed by atoms with E-state index in [1.807, 2.05) is 85.6 Å². The number of aliphatic hydroxyl groups excluding tert-OH is 1. The minimum absolute atomic E-state index is 0.0375. The highest BCUT2D eigenvalue weighted by molar-refractivity contribution is 14.1. The molecule has 3 heterocycles. The summed E-state index contributed by atoms with van der Waals surface area (Å²) in [4.78, 5) is 43.8. The summed E-state index contributed by atoms with van der Waals surface area (Å²) >= 11 is 4.54. The van der Waals surface area contributed by atoms with E-state index in [4.69, 9.17) is 4.74 Å². The van der Waals surface area contributed by atoms with E-state index in [0.29, 0.717) is 19.5 Å². The van der Waals surface area contributed by atoms with Crippen LogP contribution >= 0.6 is 45.2 Å². The molecule has 0 aliphatic carbocycles. The predicted octanol–water partition coefficient (Wildman–Crippen LogP) is 5.58. The Balaban J connectivity index is 1.36. The van der Waals surface area contributed by atoms with Crippen LogP contribution in [0.15, 0.2) is 66.7 Å². The van der Waals surface area contributed by atoms with Crippen LogP contribution in [-0.2, 0) is 39.4 Å². The molecule has 3 aromatic carbocycles. The molecule has 1 fully saturated rings. The lowest BCUT2D eigenvalue weighted by molar-refractivity contribution is -0.151. The van der Waals surface area contributed by atoms with Gasteiger partial charge in [-0.05, 0) is 112 Å². The number of hydrogen-bond donors (Lipinski definition) is 2. The lowest BCUT2D eigenvalue weighted by Gasteiger charge is -2.37. The lowest BCUT2D eigenvalue weighted by Crippen LogP contribution is -2.48. The lowest BCUT2D eigenvalue weighted by atomic mass is 9.82. The van der Waals surface area contributed by atoms with Gasteiger partial charge in [0.15, 0.2) is 13.9 Å². The first kappa shape index (κ1) is 31.2. The molecule has 1 saturated heterocycles. The molecule has 1 spiro atoms. The van der Waals surface area contributed by atoms with Crippen molar-refractivity contribution in [3.8, 4) is 0 Å². The summed E-state index contributed by atoms with van der Waals surface area (Å²) < 4.78 is 9.00. The Morgan fingerprint density at radius 2 is 1.77 bits per heavy atom. The number of ether oxygens (including phenoxy) is 1. The summed E-state index contributed by atoms with van der Waals surface area (Å²) in [6.45, 7) is 6.45. The number of benzene rings is 3. The average Bonchev–Trinajstić information content (AvgIpc) is 3.38. The fourth-order valence-corrected chi connectivity index (χ4v) is 11.2. The molecule has 0 bridgehead atoms. The molecule has 0 aromatic heterocycles. The Hall–Kier alpha value is -1.84. The highest BCUT2D eigenvalue weighted by atomic mass is 127. The van der Waals surface area contributed by atoms with Crippen LogP contribution < -0.4 is 4.90 Å². The van der Waals surface area contributed by atoms with Crippen molar-refractivity contribution in [2.75, 3.05) is 11.5 Å². The second kappa shape index (κ2) is 11.8. The molecule has 3 aromatic rings. The fraction of sp³-hybridized carbons (Fsp3) is 0.394. The standard InChI is InChI=1S/C33H36I2N2O5Si/c1-20-31(43(2,3)41)29(16-30(39)36-18-23-9-5-4-8-22(23)14-26(36)19-38)42-33(20)27-15-25(35)11-12-28(27)37(32(33)40)17-21-7-6-10-24(34)13-21/h4-13,15,20,26,29,31,38,41H,14,16-19H2,1-3H3/t20-,26-,29+,31-,33+/m0/s1. The van der Waals surface area contributed by atoms with E-state index in [0.717, 1.165) is 35.1 Å². The SMILES string of the molecule is C[C@H]1[C@H]([Si](C)(C)O)[C@@H](CC(=O)N2Cc3ccccc3C[C@H]2CO)O[C@]12C(=O)N(Cc1cccc(I)c1)c1ccc(I)cc12. The molecule has 0 radical (unpaired) electrons. The van der Waals surface area contributed by atoms with Crippen LogP contribution in [0.2, 0.25) is 18.6 Å². The smallest absolute Gasteiger partial charge is 0.264 e. The van der Waals surface area contributed by atoms with Crippen molar-refractivity contribution in [1.29, 1.82) is 0 Å². The van der Waals surface area contributed by atoms with Gasteiger partial charge in [0.1, 0.15) is 0 Å². The zero-order valence-electron chi connectivity index (χ0n) is 24.5. The number of rotatable bonds is 6. The molecule has 0 saturated carbocycles. The van der Waals surface area contributed by atoms with Gasteiger partial charge in [-0.1, -0.05) is 43.3 Å². The number of carbonyl (C=O) groups is 2. The third-order valence-corrected chi connectivity index (χ3v) is 13.3. The van der Waals surface area contributed by atoms with E-state index in [1.54, 1.807) is 4.90 Å². The molecule has 226 valence electrons. The first-order chi connectivity index (χ1) is 20.4. The number of nitrogens with zero attached hydrogens (tertiary/aromatic N) is 2. The van der Waals surface area contributed by atoms with Crippen molar-refractivity contribution < 1.29 is 24.2 Å². The Morgan fingerprint density at radius 3 is 2.47 bits per heavy atom. The summed E-state index contributed by atoms with van der Waals surface area (Å²) in [5.41, 5.74) is 3.21. The minimum atomic E-state index is -2.93. The highest BCUT2D eigenvalue weighted by Gasteiger charge is 2.66. The second-order valence-corrected chi connectivity index (χ2v) is 19.0. The molecule has 2 N–H and O–H groups in total. The molecule has 3 aliphatic heterocycles. The molecule has 7 nitrogen and oxygen atoms in total. The molecule has 5 atom stereocenters. The molecule has 3 aliphatic rings. The van der Waals surface area contributed by atoms with Crippen LogP contribution in [0, 0.1) is 13.1 Å². The fourth-order valence-electron chi connectivity index (χ4n) is 7.56. The molecule has 2 amide bonds. The van der Waals surface area contributed by atoms with Crippen LogP contribution in [0.5, 0.6) is 0 Å². The van der Waals surface area contributed by atoms with Crippen LogP contribution in [0.25, 0.3) is 0 Å².